The van der Waals surface area contributed by atoms with Gasteiger partial charge in [-0.2, -0.15) is 0 Å². The van der Waals surface area contributed by atoms with Crippen molar-refractivity contribution in [1.82, 2.24) is 9.88 Å². The highest BCUT2D eigenvalue weighted by Gasteiger charge is 2.27. The molecular formula is C14H20N2O3S. The summed E-state index contributed by atoms with van der Waals surface area (Å²) in [7, 11) is -1.94. The van der Waals surface area contributed by atoms with Crippen LogP contribution in [0.5, 0.6) is 0 Å². The number of sulfone groups is 1. The zero-order chi connectivity index (χ0) is 14.6. The van der Waals surface area contributed by atoms with Gasteiger partial charge in [0.15, 0.2) is 5.03 Å². The second-order valence-corrected chi connectivity index (χ2v) is 7.16. The molecule has 2 rings (SSSR count). The third-order valence-electron chi connectivity index (χ3n) is 3.79. The van der Waals surface area contributed by atoms with Gasteiger partial charge in [-0.25, -0.2) is 13.4 Å². The van der Waals surface area contributed by atoms with E-state index in [1.54, 1.807) is 24.1 Å². The molecule has 0 saturated heterocycles. The topological polar surface area (TPSA) is 67.3 Å². The molecule has 0 radical (unpaired) electrons. The highest BCUT2D eigenvalue weighted by Crippen LogP contribution is 2.22. The lowest BCUT2D eigenvalue weighted by Gasteiger charge is -2.31. The van der Waals surface area contributed by atoms with Crippen LogP contribution in [-0.2, 0) is 14.6 Å². The number of hydrogen-bond acceptors (Lipinski definition) is 4. The first-order valence-electron chi connectivity index (χ1n) is 6.90. The van der Waals surface area contributed by atoms with Gasteiger partial charge in [-0.3, -0.25) is 4.79 Å². The molecule has 0 atom stereocenters. The molecule has 1 heterocycles. The highest BCUT2D eigenvalue weighted by molar-refractivity contribution is 7.92. The molecule has 1 saturated carbocycles. The molecule has 0 aliphatic heterocycles. The van der Waals surface area contributed by atoms with Crippen LogP contribution >= 0.6 is 0 Å². The summed E-state index contributed by atoms with van der Waals surface area (Å²) < 4.78 is 24.2. The first-order valence-corrected chi connectivity index (χ1v) is 8.55. The van der Waals surface area contributed by atoms with Gasteiger partial charge in [0.2, 0.25) is 15.7 Å². The van der Waals surface area contributed by atoms with E-state index in [1.165, 1.54) is 18.7 Å². The van der Waals surface area contributed by atoms with E-state index in [1.807, 2.05) is 0 Å². The summed E-state index contributed by atoms with van der Waals surface area (Å²) in [4.78, 5) is 17.6. The standard InChI is InChI=1S/C14H20N2O3S/c1-16(12-7-3-2-4-8-12)14(17)11-20(18,19)13-9-5-6-10-15-13/h5-6,9-10,12H,2-4,7-8,11H2,1H3. The van der Waals surface area contributed by atoms with Gasteiger partial charge in [0.05, 0.1) is 0 Å². The minimum absolute atomic E-state index is 0.0367. The predicted molar refractivity (Wildman–Crippen MR) is 75.9 cm³/mol. The second kappa shape index (κ2) is 6.35. The van der Waals surface area contributed by atoms with Crippen molar-refractivity contribution < 1.29 is 13.2 Å². The quantitative estimate of drug-likeness (QED) is 0.847. The Hall–Kier alpha value is -1.43. The van der Waals surface area contributed by atoms with Crippen LogP contribution in [0.25, 0.3) is 0 Å². The fraction of sp³-hybridized carbons (Fsp3) is 0.571. The molecule has 0 unspecified atom stereocenters. The van der Waals surface area contributed by atoms with Gasteiger partial charge >= 0.3 is 0 Å². The average Bonchev–Trinajstić information content (AvgIpc) is 2.48. The maximum Gasteiger partial charge on any atom is 0.238 e. The van der Waals surface area contributed by atoms with Gasteiger partial charge in [-0.1, -0.05) is 25.3 Å². The summed E-state index contributed by atoms with van der Waals surface area (Å²) in [5.41, 5.74) is 0. The Labute approximate surface area is 119 Å². The predicted octanol–water partition coefficient (Wildman–Crippen LogP) is 1.65. The highest BCUT2D eigenvalue weighted by atomic mass is 32.2. The second-order valence-electron chi connectivity index (χ2n) is 5.22. The minimum atomic E-state index is -3.65. The lowest BCUT2D eigenvalue weighted by Crippen LogP contribution is -2.41. The molecule has 0 spiro atoms. The fourth-order valence-corrected chi connectivity index (χ4v) is 3.73. The molecule has 1 aromatic rings. The molecule has 0 N–H and O–H groups in total. The lowest BCUT2D eigenvalue weighted by atomic mass is 9.94. The van der Waals surface area contributed by atoms with E-state index in [0.717, 1.165) is 25.7 Å². The van der Waals surface area contributed by atoms with E-state index in [2.05, 4.69) is 4.98 Å². The number of rotatable bonds is 4. The Kier molecular flexibility index (Phi) is 4.75. The Balaban J connectivity index is 2.03. The zero-order valence-corrected chi connectivity index (χ0v) is 12.5. The Morgan fingerprint density at radius 2 is 2.00 bits per heavy atom. The molecule has 1 amide bonds. The van der Waals surface area contributed by atoms with Crippen molar-refractivity contribution in [3.05, 3.63) is 24.4 Å². The first-order chi connectivity index (χ1) is 9.50. The van der Waals surface area contributed by atoms with Crippen LogP contribution < -0.4 is 0 Å². The van der Waals surface area contributed by atoms with Gasteiger partial charge in [0, 0.05) is 19.3 Å². The van der Waals surface area contributed by atoms with Crippen molar-refractivity contribution in [1.29, 1.82) is 0 Å². The number of pyridine rings is 1. The monoisotopic (exact) mass is 296 g/mol. The van der Waals surface area contributed by atoms with Gasteiger partial charge in [-0.15, -0.1) is 0 Å². The first kappa shape index (κ1) is 15.0. The van der Waals surface area contributed by atoms with Gasteiger partial charge < -0.3 is 4.90 Å². The van der Waals surface area contributed by atoms with E-state index < -0.39 is 15.6 Å². The van der Waals surface area contributed by atoms with Crippen LogP contribution in [0.15, 0.2) is 29.4 Å². The van der Waals surface area contributed by atoms with E-state index in [0.29, 0.717) is 0 Å². The van der Waals surface area contributed by atoms with Crippen LogP contribution in [0.4, 0.5) is 0 Å². The lowest BCUT2D eigenvalue weighted by molar-refractivity contribution is -0.129. The summed E-state index contributed by atoms with van der Waals surface area (Å²) in [6, 6.07) is 4.85. The van der Waals surface area contributed by atoms with Crippen molar-refractivity contribution in [2.24, 2.45) is 0 Å². The van der Waals surface area contributed by atoms with Crippen molar-refractivity contribution >= 4 is 15.7 Å². The number of carbonyl (C=O) groups excluding carboxylic acids is 1. The summed E-state index contributed by atoms with van der Waals surface area (Å²) in [5, 5.41) is -0.0367. The van der Waals surface area contributed by atoms with E-state index in [4.69, 9.17) is 0 Å². The molecule has 110 valence electrons. The molecule has 5 nitrogen and oxygen atoms in total. The zero-order valence-electron chi connectivity index (χ0n) is 11.7. The van der Waals surface area contributed by atoms with E-state index >= 15 is 0 Å². The van der Waals surface area contributed by atoms with Crippen LogP contribution in [0.3, 0.4) is 0 Å². The SMILES string of the molecule is CN(C(=O)CS(=O)(=O)c1ccccn1)C1CCCCC1. The fourth-order valence-electron chi connectivity index (χ4n) is 2.54. The average molecular weight is 296 g/mol. The number of aromatic nitrogens is 1. The Morgan fingerprint density at radius 3 is 2.60 bits per heavy atom. The molecule has 1 fully saturated rings. The molecular weight excluding hydrogens is 276 g/mol. The van der Waals surface area contributed by atoms with Crippen LogP contribution in [0, 0.1) is 0 Å². The minimum Gasteiger partial charge on any atom is -0.342 e. The normalized spacial score (nSPS) is 16.9. The maximum atomic E-state index is 12.2. The molecule has 1 aliphatic rings. The van der Waals surface area contributed by atoms with Crippen LogP contribution in [-0.4, -0.2) is 43.1 Å². The number of hydrogen-bond donors (Lipinski definition) is 0. The number of carbonyl (C=O) groups is 1. The van der Waals surface area contributed by atoms with Crippen LogP contribution in [0.2, 0.25) is 0 Å². The molecule has 6 heteroatoms. The smallest absolute Gasteiger partial charge is 0.238 e. The van der Waals surface area contributed by atoms with Crippen molar-refractivity contribution in [3.8, 4) is 0 Å². The van der Waals surface area contributed by atoms with Gasteiger partial charge in [0.1, 0.15) is 5.75 Å². The number of amides is 1. The van der Waals surface area contributed by atoms with Gasteiger partial charge in [0.25, 0.3) is 0 Å². The third kappa shape index (κ3) is 3.56. The maximum absolute atomic E-state index is 12.2. The summed E-state index contributed by atoms with van der Waals surface area (Å²) in [5.74, 6) is -0.848. The molecule has 1 aliphatic carbocycles. The van der Waals surface area contributed by atoms with E-state index in [9.17, 15) is 13.2 Å². The van der Waals surface area contributed by atoms with Crippen molar-refractivity contribution in [2.45, 2.75) is 43.2 Å². The largest absolute Gasteiger partial charge is 0.342 e. The Bertz CT molecular complexity index is 551. The van der Waals surface area contributed by atoms with Gasteiger partial charge in [-0.05, 0) is 25.0 Å². The Morgan fingerprint density at radius 1 is 1.30 bits per heavy atom. The molecule has 0 bridgehead atoms. The van der Waals surface area contributed by atoms with E-state index in [-0.39, 0.29) is 17.0 Å². The molecule has 20 heavy (non-hydrogen) atoms. The molecule has 0 aromatic carbocycles. The summed E-state index contributed by atoms with van der Waals surface area (Å²) in [6.07, 6.45) is 6.76. The molecule has 1 aromatic heterocycles. The summed E-state index contributed by atoms with van der Waals surface area (Å²) >= 11 is 0. The third-order valence-corrected chi connectivity index (χ3v) is 5.29. The van der Waals surface area contributed by atoms with Crippen molar-refractivity contribution in [3.63, 3.8) is 0 Å². The summed E-state index contributed by atoms with van der Waals surface area (Å²) in [6.45, 7) is 0. The number of nitrogens with zero attached hydrogens (tertiary/aromatic N) is 2. The van der Waals surface area contributed by atoms with Crippen LogP contribution in [0.1, 0.15) is 32.1 Å². The van der Waals surface area contributed by atoms with Crippen molar-refractivity contribution in [2.75, 3.05) is 12.8 Å².